The Bertz CT molecular complexity index is 701. The highest BCUT2D eigenvalue weighted by atomic mass is 16.1. The highest BCUT2D eigenvalue weighted by Crippen LogP contribution is 2.53. The van der Waals surface area contributed by atoms with Crippen molar-refractivity contribution < 1.29 is 4.79 Å². The average Bonchev–Trinajstić information content (AvgIpc) is 3.26. The van der Waals surface area contributed by atoms with E-state index >= 15 is 0 Å². The summed E-state index contributed by atoms with van der Waals surface area (Å²) in [5.41, 5.74) is 4.37. The van der Waals surface area contributed by atoms with E-state index < -0.39 is 0 Å². The van der Waals surface area contributed by atoms with Crippen LogP contribution in [0.15, 0.2) is 48.5 Å². The van der Waals surface area contributed by atoms with Crippen LogP contribution >= 0.6 is 0 Å². The molecule has 2 nitrogen and oxygen atoms in total. The van der Waals surface area contributed by atoms with E-state index in [4.69, 9.17) is 0 Å². The molecule has 4 rings (SSSR count). The number of hydrogen-bond acceptors (Lipinski definition) is 2. The fourth-order valence-electron chi connectivity index (χ4n) is 3.51. The number of ketones is 1. The minimum Gasteiger partial charge on any atom is -0.357 e. The highest BCUT2D eigenvalue weighted by molar-refractivity contribution is 6.16. The van der Waals surface area contributed by atoms with E-state index in [-0.39, 0.29) is 5.54 Å². The summed E-state index contributed by atoms with van der Waals surface area (Å²) in [7, 11) is 0. The van der Waals surface area contributed by atoms with Crippen molar-refractivity contribution in [2.75, 3.05) is 11.4 Å². The summed E-state index contributed by atoms with van der Waals surface area (Å²) in [5.74, 6) is 0.342. The van der Waals surface area contributed by atoms with E-state index in [0.29, 0.717) is 5.78 Å². The molecule has 1 saturated carbocycles. The predicted octanol–water partition coefficient (Wildman–Crippen LogP) is 3.77. The number of rotatable bonds is 3. The van der Waals surface area contributed by atoms with Crippen LogP contribution in [0, 0.1) is 6.92 Å². The van der Waals surface area contributed by atoms with Crippen LogP contribution in [0.25, 0.3) is 0 Å². The minimum atomic E-state index is -0.203. The molecule has 21 heavy (non-hydrogen) atoms. The molecule has 0 bridgehead atoms. The van der Waals surface area contributed by atoms with Gasteiger partial charge in [-0.15, -0.1) is 0 Å². The van der Waals surface area contributed by atoms with Crippen molar-refractivity contribution in [2.45, 2.75) is 31.7 Å². The second kappa shape index (κ2) is 4.45. The van der Waals surface area contributed by atoms with Crippen molar-refractivity contribution in [2.24, 2.45) is 0 Å². The molecule has 106 valence electrons. The summed E-state index contributed by atoms with van der Waals surface area (Å²) in [4.78, 5) is 15.1. The normalized spacial score (nSPS) is 18.1. The molecule has 1 fully saturated rings. The number of hydrogen-bond donors (Lipinski definition) is 0. The molecule has 0 N–H and O–H groups in total. The van der Waals surface area contributed by atoms with Crippen molar-refractivity contribution in [3.8, 4) is 0 Å². The lowest BCUT2D eigenvalue weighted by Crippen LogP contribution is -2.39. The number of nitrogens with zero attached hydrogens (tertiary/aromatic N) is 1. The van der Waals surface area contributed by atoms with Gasteiger partial charge in [-0.05, 0) is 43.9 Å². The third-order valence-electron chi connectivity index (χ3n) is 4.82. The summed E-state index contributed by atoms with van der Waals surface area (Å²) < 4.78 is 0. The summed E-state index contributed by atoms with van der Waals surface area (Å²) in [6.07, 6.45) is 3.01. The Kier molecular flexibility index (Phi) is 2.68. The Morgan fingerprint density at radius 3 is 2.57 bits per heavy atom. The van der Waals surface area contributed by atoms with Gasteiger partial charge in [-0.1, -0.05) is 42.0 Å². The molecule has 1 heterocycles. The second-order valence-electron chi connectivity index (χ2n) is 6.27. The van der Waals surface area contributed by atoms with Gasteiger partial charge in [0, 0.05) is 17.8 Å². The first-order valence-electron chi connectivity index (χ1n) is 7.68. The first kappa shape index (κ1) is 12.6. The highest BCUT2D eigenvalue weighted by Gasteiger charge is 2.59. The van der Waals surface area contributed by atoms with Crippen molar-refractivity contribution in [3.63, 3.8) is 0 Å². The Morgan fingerprint density at radius 1 is 1.10 bits per heavy atom. The predicted molar refractivity (Wildman–Crippen MR) is 85.0 cm³/mol. The molecule has 0 radical (unpaired) electrons. The van der Waals surface area contributed by atoms with E-state index in [9.17, 15) is 4.79 Å². The molecule has 1 spiro atoms. The van der Waals surface area contributed by atoms with Crippen molar-refractivity contribution >= 4 is 11.5 Å². The van der Waals surface area contributed by atoms with E-state index in [1.807, 2.05) is 6.07 Å². The van der Waals surface area contributed by atoms with Gasteiger partial charge in [-0.3, -0.25) is 4.79 Å². The van der Waals surface area contributed by atoms with Gasteiger partial charge in [0.15, 0.2) is 5.78 Å². The van der Waals surface area contributed by atoms with Gasteiger partial charge in [0.1, 0.15) is 5.54 Å². The SMILES string of the molecule is Cc1ccc2c(c1)C(=O)C1(CC1)N2CCc1ccccc1. The maximum absolute atomic E-state index is 12.7. The molecule has 0 aromatic heterocycles. The lowest BCUT2D eigenvalue weighted by atomic mass is 10.1. The van der Waals surface area contributed by atoms with E-state index in [1.165, 1.54) is 11.1 Å². The molecule has 2 aromatic rings. The van der Waals surface area contributed by atoms with Crippen molar-refractivity contribution in [1.29, 1.82) is 0 Å². The van der Waals surface area contributed by atoms with Crippen LogP contribution in [-0.2, 0) is 6.42 Å². The number of carbonyl (C=O) groups is 1. The summed E-state index contributed by atoms with van der Waals surface area (Å²) in [6.45, 7) is 2.98. The fraction of sp³-hybridized carbons (Fsp3) is 0.316. The molecule has 2 heteroatoms. The van der Waals surface area contributed by atoms with Gasteiger partial charge in [0.25, 0.3) is 0 Å². The first-order chi connectivity index (χ1) is 10.2. The van der Waals surface area contributed by atoms with Crippen LogP contribution in [-0.4, -0.2) is 17.9 Å². The molecule has 2 aliphatic rings. The van der Waals surface area contributed by atoms with Crippen LogP contribution < -0.4 is 4.90 Å². The maximum Gasteiger partial charge on any atom is 0.190 e. The third kappa shape index (κ3) is 1.90. The maximum atomic E-state index is 12.7. The summed E-state index contributed by atoms with van der Waals surface area (Å²) in [6, 6.07) is 16.8. The van der Waals surface area contributed by atoms with Crippen molar-refractivity contribution in [3.05, 3.63) is 65.2 Å². The zero-order valence-corrected chi connectivity index (χ0v) is 12.3. The smallest absolute Gasteiger partial charge is 0.190 e. The van der Waals surface area contributed by atoms with Crippen LogP contribution in [0.3, 0.4) is 0 Å². The fourth-order valence-corrected chi connectivity index (χ4v) is 3.51. The van der Waals surface area contributed by atoms with E-state index in [2.05, 4.69) is 54.3 Å². The Hall–Kier alpha value is -2.09. The molecule has 0 atom stereocenters. The molecule has 1 aliphatic heterocycles. The van der Waals surface area contributed by atoms with Gasteiger partial charge in [0.05, 0.1) is 0 Å². The van der Waals surface area contributed by atoms with Crippen molar-refractivity contribution in [1.82, 2.24) is 0 Å². The van der Waals surface area contributed by atoms with Crippen LogP contribution in [0.1, 0.15) is 34.3 Å². The van der Waals surface area contributed by atoms with Gasteiger partial charge < -0.3 is 4.90 Å². The van der Waals surface area contributed by atoms with Crippen LogP contribution in [0.2, 0.25) is 0 Å². The third-order valence-corrected chi connectivity index (χ3v) is 4.82. The van der Waals surface area contributed by atoms with Crippen LogP contribution in [0.4, 0.5) is 5.69 Å². The standard InChI is InChI=1S/C19H19NO/c1-14-7-8-17-16(13-14)18(21)19(10-11-19)20(17)12-9-15-5-3-2-4-6-15/h2-8,13H,9-12H2,1H3. The number of carbonyl (C=O) groups excluding carboxylic acids is 1. The first-order valence-corrected chi connectivity index (χ1v) is 7.68. The number of fused-ring (bicyclic) bond motifs is 1. The van der Waals surface area contributed by atoms with Gasteiger partial charge in [0.2, 0.25) is 0 Å². The largest absolute Gasteiger partial charge is 0.357 e. The van der Waals surface area contributed by atoms with E-state index in [0.717, 1.165) is 37.1 Å². The number of anilines is 1. The van der Waals surface area contributed by atoms with Crippen LogP contribution in [0.5, 0.6) is 0 Å². The van der Waals surface area contributed by atoms with Gasteiger partial charge >= 0.3 is 0 Å². The molecule has 1 aliphatic carbocycles. The number of aryl methyl sites for hydroxylation is 1. The second-order valence-corrected chi connectivity index (χ2v) is 6.27. The molecular formula is C19H19NO. The lowest BCUT2D eigenvalue weighted by molar-refractivity contribution is 0.0959. The zero-order valence-electron chi connectivity index (χ0n) is 12.3. The van der Waals surface area contributed by atoms with E-state index in [1.54, 1.807) is 0 Å². The molecule has 0 saturated heterocycles. The Balaban J connectivity index is 1.64. The quantitative estimate of drug-likeness (QED) is 0.851. The Labute approximate surface area is 125 Å². The average molecular weight is 277 g/mol. The zero-order chi connectivity index (χ0) is 14.4. The molecule has 2 aromatic carbocycles. The van der Waals surface area contributed by atoms with Gasteiger partial charge in [-0.2, -0.15) is 0 Å². The Morgan fingerprint density at radius 2 is 1.86 bits per heavy atom. The summed E-state index contributed by atoms with van der Waals surface area (Å²) in [5, 5.41) is 0. The molecular weight excluding hydrogens is 258 g/mol. The summed E-state index contributed by atoms with van der Waals surface area (Å²) >= 11 is 0. The minimum absolute atomic E-state index is 0.203. The molecule has 0 amide bonds. The molecule has 0 unspecified atom stereocenters. The number of Topliss-reactive ketones (excluding diaryl/α,β-unsaturated/α-hetero) is 1. The topological polar surface area (TPSA) is 20.3 Å². The number of benzene rings is 2. The monoisotopic (exact) mass is 277 g/mol. The van der Waals surface area contributed by atoms with Gasteiger partial charge in [-0.25, -0.2) is 0 Å². The lowest BCUT2D eigenvalue weighted by Gasteiger charge is -2.26.